The molecule has 0 unspecified atom stereocenters. The highest BCUT2D eigenvalue weighted by molar-refractivity contribution is 5.81. The van der Waals surface area contributed by atoms with E-state index in [1.54, 1.807) is 25.4 Å². The van der Waals surface area contributed by atoms with E-state index < -0.39 is 0 Å². The number of amides is 1. The first-order chi connectivity index (χ1) is 17.0. The van der Waals surface area contributed by atoms with Crippen molar-refractivity contribution in [3.05, 3.63) is 78.4 Å². The van der Waals surface area contributed by atoms with E-state index in [4.69, 9.17) is 9.84 Å². The second-order valence-electron chi connectivity index (χ2n) is 8.91. The summed E-state index contributed by atoms with van der Waals surface area (Å²) in [5, 5.41) is 7.83. The van der Waals surface area contributed by atoms with Gasteiger partial charge in [-0.15, -0.1) is 0 Å². The SMILES string of the molecule is COc1cccc(-c2cc3c(N4CCC[C@H](C(=O)N[C@@H](C)c5ccc(F)cc5)C4)nccn3n2)c1. The zero-order valence-electron chi connectivity index (χ0n) is 19.8. The van der Waals surface area contributed by atoms with Crippen LogP contribution in [0.4, 0.5) is 10.2 Å². The predicted octanol–water partition coefficient (Wildman–Crippen LogP) is 4.64. The third-order valence-electron chi connectivity index (χ3n) is 6.56. The highest BCUT2D eigenvalue weighted by Crippen LogP contribution is 2.30. The third kappa shape index (κ3) is 4.82. The fourth-order valence-electron chi connectivity index (χ4n) is 4.62. The van der Waals surface area contributed by atoms with Crippen LogP contribution in [-0.2, 0) is 4.79 Å². The summed E-state index contributed by atoms with van der Waals surface area (Å²) in [7, 11) is 1.65. The van der Waals surface area contributed by atoms with E-state index in [1.807, 2.05) is 48.0 Å². The van der Waals surface area contributed by atoms with Crippen molar-refractivity contribution in [1.29, 1.82) is 0 Å². The number of ether oxygens (including phenoxy) is 1. The average molecular weight is 474 g/mol. The van der Waals surface area contributed by atoms with Crippen molar-refractivity contribution in [3.63, 3.8) is 0 Å². The van der Waals surface area contributed by atoms with E-state index in [0.29, 0.717) is 6.54 Å². The van der Waals surface area contributed by atoms with Gasteiger partial charge >= 0.3 is 0 Å². The van der Waals surface area contributed by atoms with Gasteiger partial charge in [0, 0.05) is 31.0 Å². The minimum absolute atomic E-state index is 0.00375. The normalized spacial score (nSPS) is 16.8. The first-order valence-electron chi connectivity index (χ1n) is 11.8. The van der Waals surface area contributed by atoms with Crippen LogP contribution in [-0.4, -0.2) is 40.7 Å². The molecule has 0 saturated carbocycles. The van der Waals surface area contributed by atoms with Gasteiger partial charge < -0.3 is 15.0 Å². The van der Waals surface area contributed by atoms with Gasteiger partial charge in [0.25, 0.3) is 0 Å². The molecule has 180 valence electrons. The van der Waals surface area contributed by atoms with Crippen molar-refractivity contribution in [2.24, 2.45) is 5.92 Å². The first kappa shape index (κ1) is 22.8. The van der Waals surface area contributed by atoms with E-state index in [1.165, 1.54) is 12.1 Å². The lowest BCUT2D eigenvalue weighted by atomic mass is 9.96. The van der Waals surface area contributed by atoms with E-state index in [9.17, 15) is 9.18 Å². The number of hydrogen-bond donors (Lipinski definition) is 1. The van der Waals surface area contributed by atoms with Gasteiger partial charge in [-0.05, 0) is 55.7 Å². The molecule has 1 fully saturated rings. The molecule has 0 spiro atoms. The van der Waals surface area contributed by atoms with E-state index in [-0.39, 0.29) is 23.7 Å². The molecule has 2 atom stereocenters. The van der Waals surface area contributed by atoms with E-state index in [2.05, 4.69) is 15.2 Å². The summed E-state index contributed by atoms with van der Waals surface area (Å²) >= 11 is 0. The van der Waals surface area contributed by atoms with Crippen molar-refractivity contribution >= 4 is 17.2 Å². The summed E-state index contributed by atoms with van der Waals surface area (Å²) < 4.78 is 20.4. The van der Waals surface area contributed by atoms with E-state index in [0.717, 1.165) is 53.3 Å². The molecule has 2 aromatic heterocycles. The second kappa shape index (κ2) is 9.74. The van der Waals surface area contributed by atoms with Crippen molar-refractivity contribution in [1.82, 2.24) is 19.9 Å². The fraction of sp³-hybridized carbons (Fsp3) is 0.296. The third-order valence-corrected chi connectivity index (χ3v) is 6.56. The number of hydrogen-bond acceptors (Lipinski definition) is 5. The molecule has 2 aromatic carbocycles. The van der Waals surface area contributed by atoms with Crippen LogP contribution in [0.2, 0.25) is 0 Å². The lowest BCUT2D eigenvalue weighted by molar-refractivity contribution is -0.125. The van der Waals surface area contributed by atoms with Gasteiger partial charge in [0.1, 0.15) is 17.1 Å². The number of halogens is 1. The summed E-state index contributed by atoms with van der Waals surface area (Å²) in [5.74, 6) is 1.15. The number of anilines is 1. The minimum Gasteiger partial charge on any atom is -0.497 e. The molecule has 1 amide bonds. The summed E-state index contributed by atoms with van der Waals surface area (Å²) in [6.45, 7) is 3.32. The smallest absolute Gasteiger partial charge is 0.225 e. The summed E-state index contributed by atoms with van der Waals surface area (Å²) in [4.78, 5) is 19.9. The van der Waals surface area contributed by atoms with Crippen LogP contribution >= 0.6 is 0 Å². The summed E-state index contributed by atoms with van der Waals surface area (Å²) in [6.07, 6.45) is 5.28. The van der Waals surface area contributed by atoms with Gasteiger partial charge in [0.2, 0.25) is 5.91 Å². The van der Waals surface area contributed by atoms with Gasteiger partial charge in [0.05, 0.1) is 24.8 Å². The van der Waals surface area contributed by atoms with Gasteiger partial charge in [-0.1, -0.05) is 24.3 Å². The molecule has 5 rings (SSSR count). The first-order valence-corrected chi connectivity index (χ1v) is 11.8. The fourth-order valence-corrected chi connectivity index (χ4v) is 4.62. The number of benzene rings is 2. The Morgan fingerprint density at radius 1 is 1.20 bits per heavy atom. The number of nitrogens with zero attached hydrogens (tertiary/aromatic N) is 4. The molecule has 0 aliphatic carbocycles. The summed E-state index contributed by atoms with van der Waals surface area (Å²) in [5.41, 5.74) is 3.57. The maximum atomic E-state index is 13.2. The van der Waals surface area contributed by atoms with Crippen molar-refractivity contribution in [3.8, 4) is 17.0 Å². The number of rotatable bonds is 6. The predicted molar refractivity (Wildman–Crippen MR) is 133 cm³/mol. The Morgan fingerprint density at radius 3 is 2.83 bits per heavy atom. The van der Waals surface area contributed by atoms with E-state index >= 15 is 0 Å². The zero-order valence-corrected chi connectivity index (χ0v) is 19.8. The van der Waals surface area contributed by atoms with Crippen molar-refractivity contribution in [2.75, 3.05) is 25.1 Å². The molecule has 1 aliphatic rings. The van der Waals surface area contributed by atoms with Crippen LogP contribution in [0.15, 0.2) is 67.0 Å². The Morgan fingerprint density at radius 2 is 2.03 bits per heavy atom. The van der Waals surface area contributed by atoms with Crippen LogP contribution in [0.25, 0.3) is 16.8 Å². The van der Waals surface area contributed by atoms with Crippen LogP contribution in [0.1, 0.15) is 31.4 Å². The summed E-state index contributed by atoms with van der Waals surface area (Å²) in [6, 6.07) is 15.9. The highest BCUT2D eigenvalue weighted by Gasteiger charge is 2.28. The number of carbonyl (C=O) groups is 1. The molecule has 7 nitrogen and oxygen atoms in total. The molecular weight excluding hydrogens is 445 g/mol. The minimum atomic E-state index is -0.286. The van der Waals surface area contributed by atoms with Crippen LogP contribution < -0.4 is 15.0 Å². The van der Waals surface area contributed by atoms with Crippen LogP contribution in [0.3, 0.4) is 0 Å². The number of methoxy groups -OCH3 is 1. The van der Waals surface area contributed by atoms with Crippen molar-refractivity contribution in [2.45, 2.75) is 25.8 Å². The maximum Gasteiger partial charge on any atom is 0.225 e. The molecule has 0 radical (unpaired) electrons. The topological polar surface area (TPSA) is 71.8 Å². The Hall–Kier alpha value is -3.94. The molecule has 1 N–H and O–H groups in total. The molecule has 3 heterocycles. The quantitative estimate of drug-likeness (QED) is 0.442. The average Bonchev–Trinajstić information content (AvgIpc) is 3.34. The standard InChI is InChI=1S/C27H28FN5O2/c1-18(19-8-10-22(28)11-9-19)30-27(34)21-6-4-13-32(17-21)26-25-16-24(31-33(25)14-12-29-26)20-5-3-7-23(15-20)35-2/h3,5,7-12,14-16,18,21H,4,6,13,17H2,1-2H3,(H,30,34)/t18-,21-/m0/s1. The molecule has 1 aliphatic heterocycles. The van der Waals surface area contributed by atoms with Crippen LogP contribution in [0, 0.1) is 11.7 Å². The van der Waals surface area contributed by atoms with Crippen LogP contribution in [0.5, 0.6) is 5.75 Å². The monoisotopic (exact) mass is 473 g/mol. The Bertz CT molecular complexity index is 1340. The van der Waals surface area contributed by atoms with Gasteiger partial charge in [-0.25, -0.2) is 13.9 Å². The molecular formula is C27H28FN5O2. The lowest BCUT2D eigenvalue weighted by Crippen LogP contribution is -2.44. The van der Waals surface area contributed by atoms with Gasteiger partial charge in [-0.3, -0.25) is 4.79 Å². The molecule has 4 aromatic rings. The molecule has 1 saturated heterocycles. The number of piperidine rings is 1. The number of carbonyl (C=O) groups excluding carboxylic acids is 1. The number of fused-ring (bicyclic) bond motifs is 1. The molecule has 35 heavy (non-hydrogen) atoms. The zero-order chi connectivity index (χ0) is 24.4. The Labute approximate surface area is 203 Å². The lowest BCUT2D eigenvalue weighted by Gasteiger charge is -2.33. The molecule has 0 bridgehead atoms. The largest absolute Gasteiger partial charge is 0.497 e. The van der Waals surface area contributed by atoms with Crippen molar-refractivity contribution < 1.29 is 13.9 Å². The number of aromatic nitrogens is 3. The number of nitrogens with one attached hydrogen (secondary N) is 1. The maximum absolute atomic E-state index is 13.2. The second-order valence-corrected chi connectivity index (χ2v) is 8.91. The Kier molecular flexibility index (Phi) is 6.35. The highest BCUT2D eigenvalue weighted by atomic mass is 19.1. The van der Waals surface area contributed by atoms with Gasteiger partial charge in [-0.2, -0.15) is 5.10 Å². The molecule has 8 heteroatoms. The van der Waals surface area contributed by atoms with Gasteiger partial charge in [0.15, 0.2) is 5.82 Å². The Balaban J connectivity index is 1.34.